The van der Waals surface area contributed by atoms with E-state index in [9.17, 15) is 0 Å². The van der Waals surface area contributed by atoms with Crippen LogP contribution in [-0.2, 0) is 13.2 Å². The summed E-state index contributed by atoms with van der Waals surface area (Å²) in [5.41, 5.74) is 5.16. The number of benzene rings is 3. The molecule has 0 unspecified atom stereocenters. The molecular weight excluding hydrogens is 456 g/mol. The molecule has 4 nitrogen and oxygen atoms in total. The van der Waals surface area contributed by atoms with Crippen LogP contribution in [-0.4, -0.2) is 36.7 Å². The fraction of sp³-hybridized carbons (Fsp3) is 0.394. The molecule has 1 aliphatic heterocycles. The van der Waals surface area contributed by atoms with E-state index in [-0.39, 0.29) is 6.10 Å². The summed E-state index contributed by atoms with van der Waals surface area (Å²) < 4.78 is 11.8. The van der Waals surface area contributed by atoms with Gasteiger partial charge in [-0.2, -0.15) is 0 Å². The maximum atomic E-state index is 6.02. The van der Waals surface area contributed by atoms with Gasteiger partial charge in [0.25, 0.3) is 0 Å². The Morgan fingerprint density at radius 3 is 2.14 bits per heavy atom. The van der Waals surface area contributed by atoms with Crippen LogP contribution in [0.15, 0.2) is 90.5 Å². The minimum atomic E-state index is 0.206. The van der Waals surface area contributed by atoms with Crippen LogP contribution >= 0.6 is 0 Å². The zero-order valence-electron chi connectivity index (χ0n) is 22.9. The van der Waals surface area contributed by atoms with Crippen molar-refractivity contribution in [2.75, 3.05) is 24.5 Å². The van der Waals surface area contributed by atoms with Crippen LogP contribution in [0.25, 0.3) is 0 Å². The van der Waals surface area contributed by atoms with E-state index in [4.69, 9.17) is 9.47 Å². The fourth-order valence-electron chi connectivity index (χ4n) is 4.81. The van der Waals surface area contributed by atoms with E-state index in [0.717, 1.165) is 50.5 Å². The van der Waals surface area contributed by atoms with Crippen LogP contribution in [0, 0.1) is 0 Å². The lowest BCUT2D eigenvalue weighted by molar-refractivity contribution is 0.202. The number of anilines is 1. The molecule has 0 aliphatic carbocycles. The lowest BCUT2D eigenvalue weighted by atomic mass is 10.0. The van der Waals surface area contributed by atoms with Crippen molar-refractivity contribution in [3.05, 3.63) is 102 Å². The summed E-state index contributed by atoms with van der Waals surface area (Å²) >= 11 is 0. The molecule has 0 saturated carbocycles. The molecule has 3 aromatic carbocycles. The number of ether oxygens (including phenoxy) is 2. The first-order chi connectivity index (χ1) is 18.0. The summed E-state index contributed by atoms with van der Waals surface area (Å²) in [6, 6.07) is 28.1. The van der Waals surface area contributed by atoms with Gasteiger partial charge in [-0.15, -0.1) is 0 Å². The van der Waals surface area contributed by atoms with E-state index in [1.807, 2.05) is 18.2 Å². The van der Waals surface area contributed by atoms with Crippen LogP contribution in [0.2, 0.25) is 0 Å². The molecule has 0 atom stereocenters. The fourth-order valence-corrected chi connectivity index (χ4v) is 4.81. The minimum Gasteiger partial charge on any atom is -0.491 e. The predicted octanol–water partition coefficient (Wildman–Crippen LogP) is 7.49. The molecule has 1 fully saturated rings. The molecule has 0 bridgehead atoms. The first-order valence-electron chi connectivity index (χ1n) is 13.6. The van der Waals surface area contributed by atoms with Gasteiger partial charge in [-0.1, -0.05) is 54.1 Å². The number of hydrogen-bond donors (Lipinski definition) is 0. The SMILES string of the molecule is CC(C)=CCN(c1ccc(OCc2ccccc2)cc1)C1CCN(Cc2ccc(OC(C)C)cc2)CC1. The molecule has 4 heteroatoms. The van der Waals surface area contributed by atoms with Crippen molar-refractivity contribution in [2.24, 2.45) is 0 Å². The van der Waals surface area contributed by atoms with Crippen molar-refractivity contribution in [1.82, 2.24) is 4.90 Å². The Bertz CT molecular complexity index is 1100. The third-order valence-electron chi connectivity index (χ3n) is 6.81. The van der Waals surface area contributed by atoms with Crippen molar-refractivity contribution >= 4 is 5.69 Å². The monoisotopic (exact) mass is 498 g/mol. The van der Waals surface area contributed by atoms with Crippen LogP contribution < -0.4 is 14.4 Å². The standard InChI is InChI=1S/C33H42N2O2/c1-26(2)18-23-35(30-12-16-32(17-13-30)36-25-29-8-6-5-7-9-29)31-19-21-34(22-20-31)24-28-10-14-33(15-11-28)37-27(3)4/h5-18,27,31H,19-25H2,1-4H3. The third kappa shape index (κ3) is 8.40. The third-order valence-corrected chi connectivity index (χ3v) is 6.81. The average molecular weight is 499 g/mol. The van der Waals surface area contributed by atoms with E-state index < -0.39 is 0 Å². The molecule has 3 aromatic rings. The van der Waals surface area contributed by atoms with Crippen LogP contribution in [0.4, 0.5) is 5.69 Å². The van der Waals surface area contributed by atoms with Gasteiger partial charge in [0.15, 0.2) is 0 Å². The van der Waals surface area contributed by atoms with E-state index in [0.29, 0.717) is 12.6 Å². The lowest BCUT2D eigenvalue weighted by Crippen LogP contribution is -2.45. The zero-order chi connectivity index (χ0) is 26.0. The summed E-state index contributed by atoms with van der Waals surface area (Å²) in [6.07, 6.45) is 4.87. The van der Waals surface area contributed by atoms with Gasteiger partial charge in [-0.05, 0) is 88.1 Å². The van der Waals surface area contributed by atoms with Crippen molar-refractivity contribution in [3.8, 4) is 11.5 Å². The van der Waals surface area contributed by atoms with Crippen LogP contribution in [0.3, 0.4) is 0 Å². The molecule has 37 heavy (non-hydrogen) atoms. The lowest BCUT2D eigenvalue weighted by Gasteiger charge is -2.39. The predicted molar refractivity (Wildman–Crippen MR) is 154 cm³/mol. The van der Waals surface area contributed by atoms with Gasteiger partial charge in [0.1, 0.15) is 18.1 Å². The summed E-state index contributed by atoms with van der Waals surface area (Å²) in [4.78, 5) is 5.15. The molecule has 1 heterocycles. The number of hydrogen-bond acceptors (Lipinski definition) is 4. The van der Waals surface area contributed by atoms with Gasteiger partial charge in [-0.25, -0.2) is 0 Å². The van der Waals surface area contributed by atoms with Crippen LogP contribution in [0.5, 0.6) is 11.5 Å². The first-order valence-corrected chi connectivity index (χ1v) is 13.6. The first kappa shape index (κ1) is 26.8. The molecule has 0 aromatic heterocycles. The van der Waals surface area contributed by atoms with E-state index in [1.165, 1.54) is 22.4 Å². The van der Waals surface area contributed by atoms with E-state index >= 15 is 0 Å². The normalized spacial score (nSPS) is 14.4. The quantitative estimate of drug-likeness (QED) is 0.256. The maximum Gasteiger partial charge on any atom is 0.119 e. The molecular formula is C33H42N2O2. The van der Waals surface area contributed by atoms with Crippen molar-refractivity contribution in [1.29, 1.82) is 0 Å². The summed E-state index contributed by atoms with van der Waals surface area (Å²) in [5, 5.41) is 0. The Kier molecular flexibility index (Phi) is 9.67. The summed E-state index contributed by atoms with van der Waals surface area (Å²) in [5.74, 6) is 1.86. The largest absolute Gasteiger partial charge is 0.491 e. The topological polar surface area (TPSA) is 24.9 Å². The molecule has 1 saturated heterocycles. The molecule has 0 spiro atoms. The van der Waals surface area contributed by atoms with Gasteiger partial charge < -0.3 is 14.4 Å². The van der Waals surface area contributed by atoms with Crippen molar-refractivity contribution in [3.63, 3.8) is 0 Å². The summed E-state index contributed by atoms with van der Waals surface area (Å²) in [7, 11) is 0. The van der Waals surface area contributed by atoms with Gasteiger partial charge in [0.2, 0.25) is 0 Å². The zero-order valence-corrected chi connectivity index (χ0v) is 22.9. The molecule has 4 rings (SSSR count). The molecule has 1 aliphatic rings. The molecule has 196 valence electrons. The van der Waals surface area contributed by atoms with Gasteiger partial charge in [0, 0.05) is 37.9 Å². The maximum absolute atomic E-state index is 6.02. The second-order valence-electron chi connectivity index (χ2n) is 10.5. The van der Waals surface area contributed by atoms with Gasteiger partial charge in [-0.3, -0.25) is 4.90 Å². The van der Waals surface area contributed by atoms with Crippen molar-refractivity contribution < 1.29 is 9.47 Å². The van der Waals surface area contributed by atoms with Crippen LogP contribution in [0.1, 0.15) is 51.7 Å². The summed E-state index contributed by atoms with van der Waals surface area (Å²) in [6.45, 7) is 13.2. The average Bonchev–Trinajstić information content (AvgIpc) is 2.90. The molecule has 0 radical (unpaired) electrons. The number of likely N-dealkylation sites (tertiary alicyclic amines) is 1. The Labute approximate surface area is 223 Å². The van der Waals surface area contributed by atoms with Gasteiger partial charge in [0.05, 0.1) is 6.10 Å². The smallest absolute Gasteiger partial charge is 0.119 e. The number of rotatable bonds is 11. The minimum absolute atomic E-state index is 0.206. The Hall–Kier alpha value is -3.24. The number of allylic oxidation sites excluding steroid dienone is 1. The second-order valence-corrected chi connectivity index (χ2v) is 10.5. The highest BCUT2D eigenvalue weighted by molar-refractivity contribution is 5.51. The van der Waals surface area contributed by atoms with Crippen molar-refractivity contribution in [2.45, 2.75) is 65.8 Å². The Morgan fingerprint density at radius 2 is 1.51 bits per heavy atom. The highest BCUT2D eigenvalue weighted by atomic mass is 16.5. The highest BCUT2D eigenvalue weighted by Gasteiger charge is 2.24. The second kappa shape index (κ2) is 13.3. The number of nitrogens with zero attached hydrogens (tertiary/aromatic N) is 2. The Morgan fingerprint density at radius 1 is 0.865 bits per heavy atom. The Balaban J connectivity index is 1.34. The molecule has 0 N–H and O–H groups in total. The molecule has 0 amide bonds. The number of piperidine rings is 1. The highest BCUT2D eigenvalue weighted by Crippen LogP contribution is 2.27. The van der Waals surface area contributed by atoms with E-state index in [1.54, 1.807) is 0 Å². The van der Waals surface area contributed by atoms with E-state index in [2.05, 4.69) is 104 Å². The van der Waals surface area contributed by atoms with Gasteiger partial charge >= 0.3 is 0 Å².